The highest BCUT2D eigenvalue weighted by atomic mass is 16.5. The SMILES string of the molecule is C=CCOc1ccc(C(=O)Oc2ccc(OC(=O)c3ccc(OCCCCOC(=O)C=C)cc3)cc2)cc1. The summed E-state index contributed by atoms with van der Waals surface area (Å²) in [6, 6.07) is 19.3. The van der Waals surface area contributed by atoms with Crippen LogP contribution in [0.15, 0.2) is 98.1 Å². The molecule has 0 aliphatic rings. The lowest BCUT2D eigenvalue weighted by atomic mass is 10.2. The van der Waals surface area contributed by atoms with Crippen molar-refractivity contribution in [1.29, 1.82) is 0 Å². The summed E-state index contributed by atoms with van der Waals surface area (Å²) < 4.78 is 26.7. The smallest absolute Gasteiger partial charge is 0.343 e. The number of benzene rings is 3. The molecule has 0 aliphatic heterocycles. The van der Waals surface area contributed by atoms with Crippen LogP contribution in [0, 0.1) is 0 Å². The number of hydrogen-bond donors (Lipinski definition) is 0. The highest BCUT2D eigenvalue weighted by Gasteiger charge is 2.12. The number of unbranched alkanes of at least 4 members (excludes halogenated alkanes) is 1. The molecule has 0 radical (unpaired) electrons. The van der Waals surface area contributed by atoms with Gasteiger partial charge in [-0.2, -0.15) is 0 Å². The maximum Gasteiger partial charge on any atom is 0.343 e. The molecule has 8 nitrogen and oxygen atoms in total. The van der Waals surface area contributed by atoms with E-state index in [0.717, 1.165) is 6.08 Å². The second-order valence-corrected chi connectivity index (χ2v) is 7.83. The number of carbonyl (C=O) groups is 3. The van der Waals surface area contributed by atoms with E-state index in [9.17, 15) is 14.4 Å². The third-order valence-electron chi connectivity index (χ3n) is 5.01. The summed E-state index contributed by atoms with van der Waals surface area (Å²) in [5.41, 5.74) is 0.720. The van der Waals surface area contributed by atoms with Crippen molar-refractivity contribution >= 4 is 17.9 Å². The van der Waals surface area contributed by atoms with Crippen LogP contribution in [0.4, 0.5) is 0 Å². The molecule has 3 rings (SSSR count). The Hall–Kier alpha value is -4.85. The Balaban J connectivity index is 1.43. The van der Waals surface area contributed by atoms with Crippen LogP contribution < -0.4 is 18.9 Å². The lowest BCUT2D eigenvalue weighted by Gasteiger charge is -2.09. The number of rotatable bonds is 14. The van der Waals surface area contributed by atoms with Crippen LogP contribution in [0.2, 0.25) is 0 Å². The Kier molecular flexibility index (Phi) is 10.7. The van der Waals surface area contributed by atoms with Crippen LogP contribution in [0.5, 0.6) is 23.0 Å². The van der Waals surface area contributed by atoms with Gasteiger partial charge in [0, 0.05) is 6.08 Å². The van der Waals surface area contributed by atoms with E-state index >= 15 is 0 Å². The molecule has 0 amide bonds. The van der Waals surface area contributed by atoms with Gasteiger partial charge in [-0.05, 0) is 85.6 Å². The molecule has 0 fully saturated rings. The zero-order chi connectivity index (χ0) is 27.2. The molecule has 0 saturated heterocycles. The summed E-state index contributed by atoms with van der Waals surface area (Å²) in [4.78, 5) is 35.8. The molecule has 0 heterocycles. The van der Waals surface area contributed by atoms with Gasteiger partial charge >= 0.3 is 17.9 Å². The summed E-state index contributed by atoms with van der Waals surface area (Å²) in [7, 11) is 0. The summed E-state index contributed by atoms with van der Waals surface area (Å²) >= 11 is 0. The predicted octanol–water partition coefficient (Wildman–Crippen LogP) is 5.58. The van der Waals surface area contributed by atoms with Gasteiger partial charge in [-0.15, -0.1) is 0 Å². The lowest BCUT2D eigenvalue weighted by Crippen LogP contribution is -2.10. The predicted molar refractivity (Wildman–Crippen MR) is 141 cm³/mol. The highest BCUT2D eigenvalue weighted by molar-refractivity contribution is 5.92. The maximum absolute atomic E-state index is 12.5. The molecular formula is C30H28O8. The molecule has 3 aromatic carbocycles. The minimum Gasteiger partial charge on any atom is -0.494 e. The van der Waals surface area contributed by atoms with Gasteiger partial charge in [0.05, 0.1) is 24.3 Å². The zero-order valence-corrected chi connectivity index (χ0v) is 20.8. The van der Waals surface area contributed by atoms with Crippen LogP contribution in [0.1, 0.15) is 33.6 Å². The Morgan fingerprint density at radius 1 is 0.605 bits per heavy atom. The van der Waals surface area contributed by atoms with Crippen molar-refractivity contribution in [1.82, 2.24) is 0 Å². The van der Waals surface area contributed by atoms with E-state index in [1.807, 2.05) is 0 Å². The summed E-state index contributed by atoms with van der Waals surface area (Å²) in [6.07, 6.45) is 4.13. The molecule has 0 unspecified atom stereocenters. The van der Waals surface area contributed by atoms with Crippen molar-refractivity contribution in [2.75, 3.05) is 19.8 Å². The average Bonchev–Trinajstić information content (AvgIpc) is 2.95. The molecule has 196 valence electrons. The molecule has 0 aromatic heterocycles. The van der Waals surface area contributed by atoms with Gasteiger partial charge in [0.2, 0.25) is 0 Å². The molecule has 38 heavy (non-hydrogen) atoms. The molecule has 0 aliphatic carbocycles. The van der Waals surface area contributed by atoms with E-state index in [2.05, 4.69) is 13.2 Å². The van der Waals surface area contributed by atoms with Crippen molar-refractivity contribution in [3.8, 4) is 23.0 Å². The van der Waals surface area contributed by atoms with E-state index < -0.39 is 17.9 Å². The third kappa shape index (κ3) is 8.98. The second-order valence-electron chi connectivity index (χ2n) is 7.83. The number of hydrogen-bond acceptors (Lipinski definition) is 8. The van der Waals surface area contributed by atoms with E-state index in [0.29, 0.717) is 66.8 Å². The normalized spacial score (nSPS) is 10.1. The van der Waals surface area contributed by atoms with Crippen LogP contribution >= 0.6 is 0 Å². The Morgan fingerprint density at radius 3 is 1.53 bits per heavy atom. The van der Waals surface area contributed by atoms with Crippen molar-refractivity contribution < 1.29 is 38.1 Å². The first-order valence-corrected chi connectivity index (χ1v) is 11.9. The van der Waals surface area contributed by atoms with E-state index in [-0.39, 0.29) is 0 Å². The monoisotopic (exact) mass is 516 g/mol. The molecule has 0 atom stereocenters. The summed E-state index contributed by atoms with van der Waals surface area (Å²) in [5.74, 6) is 0.330. The number of ether oxygens (including phenoxy) is 5. The topological polar surface area (TPSA) is 97.4 Å². The van der Waals surface area contributed by atoms with Gasteiger partial charge in [0.25, 0.3) is 0 Å². The van der Waals surface area contributed by atoms with E-state index in [1.54, 1.807) is 54.6 Å². The fourth-order valence-electron chi connectivity index (χ4n) is 3.06. The summed E-state index contributed by atoms with van der Waals surface area (Å²) in [5, 5.41) is 0. The molecule has 0 bridgehead atoms. The third-order valence-corrected chi connectivity index (χ3v) is 5.01. The molecule has 0 saturated carbocycles. The fraction of sp³-hybridized carbons (Fsp3) is 0.167. The van der Waals surface area contributed by atoms with Crippen LogP contribution in [0.25, 0.3) is 0 Å². The first-order valence-electron chi connectivity index (χ1n) is 11.9. The average molecular weight is 517 g/mol. The Morgan fingerprint density at radius 2 is 1.05 bits per heavy atom. The van der Waals surface area contributed by atoms with Gasteiger partial charge in [0.15, 0.2) is 0 Å². The van der Waals surface area contributed by atoms with Gasteiger partial charge in [0.1, 0.15) is 29.6 Å². The van der Waals surface area contributed by atoms with Crippen LogP contribution in [-0.4, -0.2) is 37.7 Å². The van der Waals surface area contributed by atoms with Crippen molar-refractivity contribution in [2.45, 2.75) is 12.8 Å². The Bertz CT molecular complexity index is 1230. The standard InChI is InChI=1S/C30H28O8/c1-3-19-34-24-11-7-22(8-12-24)29(32)37-26-15-17-27(18-16-26)38-30(33)23-9-13-25(14-10-23)35-20-5-6-21-36-28(31)4-2/h3-4,7-18H,1-2,5-6,19-21H2. The van der Waals surface area contributed by atoms with Crippen molar-refractivity contribution in [3.63, 3.8) is 0 Å². The first kappa shape index (κ1) is 27.7. The lowest BCUT2D eigenvalue weighted by molar-refractivity contribution is -0.137. The Labute approximate surface area is 221 Å². The number of esters is 3. The van der Waals surface area contributed by atoms with Gasteiger partial charge in [-0.1, -0.05) is 19.2 Å². The van der Waals surface area contributed by atoms with Gasteiger partial charge in [-0.25, -0.2) is 14.4 Å². The maximum atomic E-state index is 12.5. The highest BCUT2D eigenvalue weighted by Crippen LogP contribution is 2.21. The molecule has 0 N–H and O–H groups in total. The van der Waals surface area contributed by atoms with Gasteiger partial charge < -0.3 is 23.7 Å². The first-order chi connectivity index (χ1) is 18.5. The van der Waals surface area contributed by atoms with E-state index in [4.69, 9.17) is 23.7 Å². The molecule has 8 heteroatoms. The van der Waals surface area contributed by atoms with E-state index in [1.165, 1.54) is 24.3 Å². The number of carbonyl (C=O) groups excluding carboxylic acids is 3. The zero-order valence-electron chi connectivity index (χ0n) is 20.8. The fourth-order valence-corrected chi connectivity index (χ4v) is 3.06. The van der Waals surface area contributed by atoms with Gasteiger partial charge in [-0.3, -0.25) is 0 Å². The minimum atomic E-state index is -0.538. The largest absolute Gasteiger partial charge is 0.494 e. The second kappa shape index (κ2) is 14.6. The van der Waals surface area contributed by atoms with Crippen LogP contribution in [-0.2, 0) is 9.53 Å². The minimum absolute atomic E-state index is 0.302. The molecule has 0 spiro atoms. The van der Waals surface area contributed by atoms with Crippen molar-refractivity contribution in [2.24, 2.45) is 0 Å². The van der Waals surface area contributed by atoms with Crippen LogP contribution in [0.3, 0.4) is 0 Å². The van der Waals surface area contributed by atoms with Crippen molar-refractivity contribution in [3.05, 3.63) is 109 Å². The molecular weight excluding hydrogens is 488 g/mol. The summed E-state index contributed by atoms with van der Waals surface area (Å²) in [6.45, 7) is 8.05. The molecule has 3 aromatic rings. The quantitative estimate of drug-likeness (QED) is 0.0901.